The third-order valence-corrected chi connectivity index (χ3v) is 3.76. The van der Waals surface area contributed by atoms with Crippen LogP contribution in [-0.2, 0) is 12.8 Å². The zero-order chi connectivity index (χ0) is 10.9. The second-order valence-electron chi connectivity index (χ2n) is 4.56. The van der Waals surface area contributed by atoms with Crippen LogP contribution >= 0.6 is 15.9 Å². The van der Waals surface area contributed by atoms with Crippen LogP contribution in [-0.4, -0.2) is 10.7 Å². The van der Waals surface area contributed by atoms with Gasteiger partial charge >= 0.3 is 0 Å². The number of benzene rings is 1. The molecule has 0 fully saturated rings. The first-order chi connectivity index (χ1) is 7.13. The van der Waals surface area contributed by atoms with Crippen LogP contribution in [0, 0.1) is 0 Å². The van der Waals surface area contributed by atoms with E-state index in [0.29, 0.717) is 0 Å². The smallest absolute Gasteiger partial charge is 0.0691 e. The van der Waals surface area contributed by atoms with Crippen LogP contribution in [0.1, 0.15) is 37.3 Å². The summed E-state index contributed by atoms with van der Waals surface area (Å²) in [5, 5.41) is 10.4. The van der Waals surface area contributed by atoms with Gasteiger partial charge in [-0.1, -0.05) is 35.3 Å². The van der Waals surface area contributed by atoms with E-state index in [1.165, 1.54) is 11.1 Å². The van der Waals surface area contributed by atoms with E-state index in [0.717, 1.165) is 36.6 Å². The quantitative estimate of drug-likeness (QED) is 0.871. The Labute approximate surface area is 99.6 Å². The first-order valence-electron chi connectivity index (χ1n) is 5.63. The third-order valence-electron chi connectivity index (χ3n) is 3.26. The van der Waals surface area contributed by atoms with Gasteiger partial charge in [0.05, 0.1) is 5.60 Å². The number of hydrogen-bond acceptors (Lipinski definition) is 1. The Morgan fingerprint density at radius 3 is 2.93 bits per heavy atom. The van der Waals surface area contributed by atoms with Gasteiger partial charge in [0.2, 0.25) is 0 Å². The molecule has 0 radical (unpaired) electrons. The monoisotopic (exact) mass is 268 g/mol. The van der Waals surface area contributed by atoms with E-state index < -0.39 is 5.60 Å². The zero-order valence-corrected chi connectivity index (χ0v) is 10.7. The molecule has 0 aliphatic heterocycles. The summed E-state index contributed by atoms with van der Waals surface area (Å²) in [5.41, 5.74) is 2.26. The number of aliphatic hydroxyl groups is 1. The van der Waals surface area contributed by atoms with Gasteiger partial charge in [-0.25, -0.2) is 0 Å². The van der Waals surface area contributed by atoms with Gasteiger partial charge in [-0.2, -0.15) is 0 Å². The number of aryl methyl sites for hydroxylation is 1. The van der Waals surface area contributed by atoms with Crippen molar-refractivity contribution >= 4 is 15.9 Å². The normalized spacial score (nSPS) is 25.0. The van der Waals surface area contributed by atoms with Gasteiger partial charge in [-0.05, 0) is 42.5 Å². The van der Waals surface area contributed by atoms with E-state index in [4.69, 9.17) is 0 Å². The topological polar surface area (TPSA) is 20.2 Å². The molecule has 0 spiro atoms. The molecule has 0 saturated heterocycles. The number of hydrogen-bond donors (Lipinski definition) is 1. The molecule has 1 aliphatic rings. The minimum Gasteiger partial charge on any atom is -0.390 e. The summed E-state index contributed by atoms with van der Waals surface area (Å²) in [6.07, 6.45) is 4.71. The number of rotatable bonds is 2. The molecule has 1 N–H and O–H groups in total. The molecule has 1 unspecified atom stereocenters. The van der Waals surface area contributed by atoms with Crippen molar-refractivity contribution in [1.29, 1.82) is 0 Å². The molecule has 0 saturated carbocycles. The van der Waals surface area contributed by atoms with E-state index in [9.17, 15) is 5.11 Å². The van der Waals surface area contributed by atoms with Crippen molar-refractivity contribution in [2.45, 2.75) is 44.6 Å². The summed E-state index contributed by atoms with van der Waals surface area (Å²) in [6, 6.07) is 6.39. The van der Waals surface area contributed by atoms with Crippen molar-refractivity contribution in [3.05, 3.63) is 33.8 Å². The van der Waals surface area contributed by atoms with Gasteiger partial charge in [0.15, 0.2) is 0 Å². The molecule has 1 aromatic carbocycles. The SMILES string of the molecule is CCCC1(O)CCc2cc(Br)ccc2C1. The van der Waals surface area contributed by atoms with Crippen LogP contribution in [0.5, 0.6) is 0 Å². The Morgan fingerprint density at radius 1 is 1.40 bits per heavy atom. The molecule has 2 heteroatoms. The van der Waals surface area contributed by atoms with Crippen molar-refractivity contribution in [3.63, 3.8) is 0 Å². The molecule has 0 aromatic heterocycles. The summed E-state index contributed by atoms with van der Waals surface area (Å²) in [5.74, 6) is 0. The fraction of sp³-hybridized carbons (Fsp3) is 0.538. The molecule has 0 heterocycles. The van der Waals surface area contributed by atoms with Crippen molar-refractivity contribution in [1.82, 2.24) is 0 Å². The first kappa shape index (κ1) is 11.2. The van der Waals surface area contributed by atoms with Crippen molar-refractivity contribution in [2.75, 3.05) is 0 Å². The van der Waals surface area contributed by atoms with Crippen molar-refractivity contribution in [3.8, 4) is 0 Å². The van der Waals surface area contributed by atoms with E-state index in [1.54, 1.807) is 0 Å². The molecule has 1 aromatic rings. The standard InChI is InChI=1S/C13H17BrO/c1-2-6-13(15)7-5-10-8-12(14)4-3-11(10)9-13/h3-4,8,15H,2,5-7,9H2,1H3. The molecule has 15 heavy (non-hydrogen) atoms. The summed E-state index contributed by atoms with van der Waals surface area (Å²) < 4.78 is 1.14. The molecule has 1 nitrogen and oxygen atoms in total. The van der Waals surface area contributed by atoms with E-state index in [1.807, 2.05) is 0 Å². The molecule has 1 aliphatic carbocycles. The maximum absolute atomic E-state index is 10.4. The fourth-order valence-corrected chi connectivity index (χ4v) is 2.90. The second-order valence-corrected chi connectivity index (χ2v) is 5.48. The maximum atomic E-state index is 10.4. The van der Waals surface area contributed by atoms with Gasteiger partial charge in [0, 0.05) is 10.9 Å². The minimum atomic E-state index is -0.449. The molecule has 82 valence electrons. The van der Waals surface area contributed by atoms with Gasteiger partial charge in [0.1, 0.15) is 0 Å². The Balaban J connectivity index is 2.23. The van der Waals surface area contributed by atoms with Crippen molar-refractivity contribution < 1.29 is 5.11 Å². The Morgan fingerprint density at radius 2 is 2.20 bits per heavy atom. The van der Waals surface area contributed by atoms with Gasteiger partial charge in [-0.15, -0.1) is 0 Å². The fourth-order valence-electron chi connectivity index (χ4n) is 2.49. The second kappa shape index (κ2) is 4.26. The summed E-state index contributed by atoms with van der Waals surface area (Å²) >= 11 is 3.49. The zero-order valence-electron chi connectivity index (χ0n) is 9.09. The van der Waals surface area contributed by atoms with Crippen molar-refractivity contribution in [2.24, 2.45) is 0 Å². The van der Waals surface area contributed by atoms with Gasteiger partial charge in [0.25, 0.3) is 0 Å². The Bertz CT molecular complexity index is 362. The number of fused-ring (bicyclic) bond motifs is 1. The minimum absolute atomic E-state index is 0.449. The molecule has 1 atom stereocenters. The average Bonchev–Trinajstić information content (AvgIpc) is 2.19. The molecule has 0 bridgehead atoms. The summed E-state index contributed by atoms with van der Waals surface area (Å²) in [7, 11) is 0. The first-order valence-corrected chi connectivity index (χ1v) is 6.42. The third kappa shape index (κ3) is 2.43. The lowest BCUT2D eigenvalue weighted by Crippen LogP contribution is -2.35. The van der Waals surface area contributed by atoms with E-state index in [-0.39, 0.29) is 0 Å². The predicted octanol–water partition coefficient (Wildman–Crippen LogP) is 3.47. The van der Waals surface area contributed by atoms with Crippen LogP contribution in [0.4, 0.5) is 0 Å². The van der Waals surface area contributed by atoms with Gasteiger partial charge in [-0.3, -0.25) is 0 Å². The highest BCUT2D eigenvalue weighted by Gasteiger charge is 2.30. The highest BCUT2D eigenvalue weighted by Crippen LogP contribution is 2.33. The maximum Gasteiger partial charge on any atom is 0.0691 e. The van der Waals surface area contributed by atoms with Crippen LogP contribution in [0.25, 0.3) is 0 Å². The van der Waals surface area contributed by atoms with E-state index >= 15 is 0 Å². The van der Waals surface area contributed by atoms with Crippen LogP contribution < -0.4 is 0 Å². The van der Waals surface area contributed by atoms with Gasteiger partial charge < -0.3 is 5.11 Å². The molecular formula is C13H17BrO. The highest BCUT2D eigenvalue weighted by molar-refractivity contribution is 9.10. The Kier molecular flexibility index (Phi) is 3.17. The van der Waals surface area contributed by atoms with E-state index in [2.05, 4.69) is 41.1 Å². The van der Waals surface area contributed by atoms with Crippen LogP contribution in [0.15, 0.2) is 22.7 Å². The lowest BCUT2D eigenvalue weighted by molar-refractivity contribution is 0.0172. The lowest BCUT2D eigenvalue weighted by Gasteiger charge is -2.33. The Hall–Kier alpha value is -0.340. The summed E-state index contributed by atoms with van der Waals surface area (Å²) in [4.78, 5) is 0. The predicted molar refractivity (Wildman–Crippen MR) is 66.0 cm³/mol. The largest absolute Gasteiger partial charge is 0.390 e. The average molecular weight is 269 g/mol. The molecular weight excluding hydrogens is 252 g/mol. The van der Waals surface area contributed by atoms with Crippen LogP contribution in [0.3, 0.4) is 0 Å². The number of halogens is 1. The summed E-state index contributed by atoms with van der Waals surface area (Å²) in [6.45, 7) is 2.13. The molecule has 0 amide bonds. The van der Waals surface area contributed by atoms with Crippen LogP contribution in [0.2, 0.25) is 0 Å². The highest BCUT2D eigenvalue weighted by atomic mass is 79.9. The lowest BCUT2D eigenvalue weighted by atomic mass is 9.78. The molecule has 2 rings (SSSR count).